The Bertz CT molecular complexity index is 916. The predicted molar refractivity (Wildman–Crippen MR) is 108 cm³/mol. The Hall–Kier alpha value is -2.94. The van der Waals surface area contributed by atoms with Gasteiger partial charge in [-0.1, -0.05) is 42.5 Å². The lowest BCUT2D eigenvalue weighted by Gasteiger charge is -2.46. The van der Waals surface area contributed by atoms with Crippen LogP contribution in [-0.4, -0.2) is 23.5 Å². The standard InChI is InChI=1S/C24H24F2N2O2/c25-24(26)13-21(14-24)20-10-11-28(23(29)30-16-18-4-2-1-3-5-18)22(12-20)19-8-6-17(15-27)7-9-19/h1-9,20-22H,10-14,16H2. The summed E-state index contributed by atoms with van der Waals surface area (Å²) in [6.45, 7) is 0.666. The third-order valence-electron chi connectivity index (χ3n) is 6.30. The van der Waals surface area contributed by atoms with E-state index in [1.165, 1.54) is 0 Å². The summed E-state index contributed by atoms with van der Waals surface area (Å²) in [5, 5.41) is 9.06. The molecule has 0 bridgehead atoms. The van der Waals surface area contributed by atoms with Crippen LogP contribution in [0.2, 0.25) is 0 Å². The molecule has 0 radical (unpaired) electrons. The van der Waals surface area contributed by atoms with Crippen LogP contribution in [0, 0.1) is 23.2 Å². The molecule has 2 atom stereocenters. The molecule has 1 saturated heterocycles. The number of benzene rings is 2. The maximum atomic E-state index is 13.4. The second-order valence-corrected chi connectivity index (χ2v) is 8.29. The van der Waals surface area contributed by atoms with Gasteiger partial charge in [-0.15, -0.1) is 0 Å². The molecule has 0 spiro atoms. The second-order valence-electron chi connectivity index (χ2n) is 8.29. The van der Waals surface area contributed by atoms with Crippen molar-refractivity contribution in [3.05, 3.63) is 71.3 Å². The minimum absolute atomic E-state index is 0.00312. The van der Waals surface area contributed by atoms with Crippen LogP contribution in [0.5, 0.6) is 0 Å². The fraction of sp³-hybridized carbons (Fsp3) is 0.417. The van der Waals surface area contributed by atoms with Gasteiger partial charge in [0.15, 0.2) is 0 Å². The highest BCUT2D eigenvalue weighted by Gasteiger charge is 2.50. The van der Waals surface area contributed by atoms with Gasteiger partial charge in [0.05, 0.1) is 17.7 Å². The Kier molecular flexibility index (Phi) is 5.72. The van der Waals surface area contributed by atoms with Crippen molar-refractivity contribution >= 4 is 6.09 Å². The highest BCUT2D eigenvalue weighted by Crippen LogP contribution is 2.51. The molecule has 1 saturated carbocycles. The van der Waals surface area contributed by atoms with E-state index in [1.54, 1.807) is 17.0 Å². The number of carbonyl (C=O) groups excluding carboxylic acids is 1. The molecular formula is C24H24F2N2O2. The Morgan fingerprint density at radius 3 is 2.43 bits per heavy atom. The molecule has 156 valence electrons. The lowest BCUT2D eigenvalue weighted by Crippen LogP contribution is -2.47. The van der Waals surface area contributed by atoms with Crippen LogP contribution in [0.25, 0.3) is 0 Å². The molecule has 4 rings (SSSR count). The number of alkyl halides is 2. The summed E-state index contributed by atoms with van der Waals surface area (Å²) < 4.78 is 32.3. The number of likely N-dealkylation sites (tertiary alicyclic amines) is 1. The quantitative estimate of drug-likeness (QED) is 0.650. The normalized spacial score (nSPS) is 23.3. The smallest absolute Gasteiger partial charge is 0.410 e. The Morgan fingerprint density at radius 1 is 1.10 bits per heavy atom. The lowest BCUT2D eigenvalue weighted by molar-refractivity contribution is -0.133. The van der Waals surface area contributed by atoms with Crippen LogP contribution in [-0.2, 0) is 11.3 Å². The molecule has 2 aliphatic rings. The topological polar surface area (TPSA) is 53.3 Å². The largest absolute Gasteiger partial charge is 0.445 e. The number of carbonyl (C=O) groups is 1. The summed E-state index contributed by atoms with van der Waals surface area (Å²) in [5.41, 5.74) is 2.36. The van der Waals surface area contributed by atoms with Crippen LogP contribution < -0.4 is 0 Å². The van der Waals surface area contributed by atoms with Gasteiger partial charge >= 0.3 is 6.09 Å². The first-order valence-corrected chi connectivity index (χ1v) is 10.3. The minimum Gasteiger partial charge on any atom is -0.445 e. The first kappa shape index (κ1) is 20.3. The van der Waals surface area contributed by atoms with Gasteiger partial charge in [-0.2, -0.15) is 5.26 Å². The molecule has 1 aliphatic heterocycles. The van der Waals surface area contributed by atoms with Crippen molar-refractivity contribution in [2.75, 3.05) is 6.54 Å². The molecule has 0 aromatic heterocycles. The van der Waals surface area contributed by atoms with E-state index >= 15 is 0 Å². The monoisotopic (exact) mass is 410 g/mol. The highest BCUT2D eigenvalue weighted by molar-refractivity contribution is 5.68. The fourth-order valence-corrected chi connectivity index (χ4v) is 4.58. The molecule has 4 nitrogen and oxygen atoms in total. The van der Waals surface area contributed by atoms with E-state index in [0.717, 1.165) is 11.1 Å². The van der Waals surface area contributed by atoms with Crippen molar-refractivity contribution in [1.29, 1.82) is 5.26 Å². The number of nitriles is 1. The molecule has 1 aliphatic carbocycles. The summed E-state index contributed by atoms with van der Waals surface area (Å²) in [6, 6.07) is 18.5. The first-order chi connectivity index (χ1) is 14.4. The summed E-state index contributed by atoms with van der Waals surface area (Å²) in [7, 11) is 0. The van der Waals surface area contributed by atoms with Crippen molar-refractivity contribution in [2.24, 2.45) is 11.8 Å². The molecule has 30 heavy (non-hydrogen) atoms. The summed E-state index contributed by atoms with van der Waals surface area (Å²) >= 11 is 0. The van der Waals surface area contributed by atoms with Gasteiger partial charge in [0.25, 0.3) is 0 Å². The number of hydrogen-bond acceptors (Lipinski definition) is 3. The molecule has 2 aromatic carbocycles. The molecule has 1 amide bonds. The molecule has 2 unspecified atom stereocenters. The number of rotatable bonds is 4. The summed E-state index contributed by atoms with van der Waals surface area (Å²) in [6.07, 6.45) is 0.818. The lowest BCUT2D eigenvalue weighted by atomic mass is 9.68. The third-order valence-corrected chi connectivity index (χ3v) is 6.30. The number of ether oxygens (including phenoxy) is 1. The second kappa shape index (κ2) is 8.43. The zero-order chi connectivity index (χ0) is 21.1. The Labute approximate surface area is 175 Å². The zero-order valence-corrected chi connectivity index (χ0v) is 16.6. The van der Waals surface area contributed by atoms with E-state index in [1.807, 2.05) is 42.5 Å². The minimum atomic E-state index is -2.54. The molecular weight excluding hydrogens is 386 g/mol. The number of hydrogen-bond donors (Lipinski definition) is 0. The average Bonchev–Trinajstić information content (AvgIpc) is 2.76. The third kappa shape index (κ3) is 4.46. The van der Waals surface area contributed by atoms with Crippen molar-refractivity contribution in [3.63, 3.8) is 0 Å². The van der Waals surface area contributed by atoms with Gasteiger partial charge in [0.2, 0.25) is 5.92 Å². The number of halogens is 2. The van der Waals surface area contributed by atoms with Crippen LogP contribution in [0.3, 0.4) is 0 Å². The van der Waals surface area contributed by atoms with Gasteiger partial charge in [0.1, 0.15) is 6.61 Å². The summed E-state index contributed by atoms with van der Waals surface area (Å²) in [4.78, 5) is 14.6. The molecule has 2 aromatic rings. The van der Waals surface area contributed by atoms with Gasteiger partial charge in [-0.05, 0) is 47.9 Å². The zero-order valence-electron chi connectivity index (χ0n) is 16.6. The average molecular weight is 410 g/mol. The Morgan fingerprint density at radius 2 is 1.80 bits per heavy atom. The van der Waals surface area contributed by atoms with Crippen molar-refractivity contribution in [2.45, 2.75) is 44.3 Å². The number of amides is 1. The highest BCUT2D eigenvalue weighted by atomic mass is 19.3. The first-order valence-electron chi connectivity index (χ1n) is 10.3. The van der Waals surface area contributed by atoms with Gasteiger partial charge < -0.3 is 9.64 Å². The van der Waals surface area contributed by atoms with Crippen LogP contribution >= 0.6 is 0 Å². The van der Waals surface area contributed by atoms with Crippen LogP contribution in [0.15, 0.2) is 54.6 Å². The fourth-order valence-electron chi connectivity index (χ4n) is 4.58. The predicted octanol–water partition coefficient (Wildman–Crippen LogP) is 5.69. The maximum Gasteiger partial charge on any atom is 0.410 e. The van der Waals surface area contributed by atoms with E-state index in [9.17, 15) is 13.6 Å². The van der Waals surface area contributed by atoms with E-state index in [4.69, 9.17) is 10.00 Å². The van der Waals surface area contributed by atoms with Crippen LogP contribution in [0.4, 0.5) is 13.6 Å². The Balaban J connectivity index is 1.49. The van der Waals surface area contributed by atoms with Gasteiger partial charge in [-0.3, -0.25) is 0 Å². The van der Waals surface area contributed by atoms with Gasteiger partial charge in [0, 0.05) is 19.4 Å². The van der Waals surface area contributed by atoms with Crippen molar-refractivity contribution < 1.29 is 18.3 Å². The number of nitrogens with zero attached hydrogens (tertiary/aromatic N) is 2. The molecule has 0 N–H and O–H groups in total. The SMILES string of the molecule is N#Cc1ccc(C2CC(C3CC(F)(F)C3)CCN2C(=O)OCc2ccccc2)cc1. The maximum absolute atomic E-state index is 13.4. The van der Waals surface area contributed by atoms with Crippen LogP contribution in [0.1, 0.15) is 48.4 Å². The van der Waals surface area contributed by atoms with E-state index in [0.29, 0.717) is 24.9 Å². The number of piperidine rings is 1. The molecule has 6 heteroatoms. The van der Waals surface area contributed by atoms with E-state index in [-0.39, 0.29) is 37.3 Å². The van der Waals surface area contributed by atoms with Crippen molar-refractivity contribution in [3.8, 4) is 6.07 Å². The van der Waals surface area contributed by atoms with E-state index in [2.05, 4.69) is 6.07 Å². The van der Waals surface area contributed by atoms with Gasteiger partial charge in [-0.25, -0.2) is 13.6 Å². The molecule has 2 fully saturated rings. The molecule has 1 heterocycles. The van der Waals surface area contributed by atoms with E-state index < -0.39 is 12.0 Å². The van der Waals surface area contributed by atoms with Crippen molar-refractivity contribution in [1.82, 2.24) is 4.90 Å². The summed E-state index contributed by atoms with van der Waals surface area (Å²) in [5.74, 6) is -2.38.